The Labute approximate surface area is 116 Å². The molecule has 100 valence electrons. The van der Waals surface area contributed by atoms with Crippen molar-refractivity contribution in [3.8, 4) is 0 Å². The van der Waals surface area contributed by atoms with Gasteiger partial charge in [0.2, 0.25) is 5.91 Å². The Morgan fingerprint density at radius 3 is 2.95 bits per heavy atom. The summed E-state index contributed by atoms with van der Waals surface area (Å²) in [7, 11) is 0. The average molecular weight is 276 g/mol. The van der Waals surface area contributed by atoms with Gasteiger partial charge in [-0.15, -0.1) is 0 Å². The van der Waals surface area contributed by atoms with Gasteiger partial charge in [-0.25, -0.2) is 5.43 Å². The molecule has 1 fully saturated rings. The van der Waals surface area contributed by atoms with Gasteiger partial charge in [0.15, 0.2) is 5.17 Å². The first-order valence-corrected chi connectivity index (χ1v) is 7.34. The van der Waals surface area contributed by atoms with Crippen LogP contribution in [0.25, 0.3) is 0 Å². The number of rotatable bonds is 2. The number of amides is 1. The van der Waals surface area contributed by atoms with Crippen LogP contribution in [0.4, 0.5) is 0 Å². The highest BCUT2D eigenvalue weighted by molar-refractivity contribution is 8.14. The van der Waals surface area contributed by atoms with Gasteiger partial charge in [0, 0.05) is 12.3 Å². The lowest BCUT2D eigenvalue weighted by atomic mass is 9.94. The fraction of sp³-hybridized carbons (Fsp3) is 0.385. The number of hydrogen-bond acceptors (Lipinski definition) is 5. The predicted molar refractivity (Wildman–Crippen MR) is 76.7 cm³/mol. The number of benzene rings is 1. The number of nitrogens with one attached hydrogen (secondary N) is 3. The van der Waals surface area contributed by atoms with Gasteiger partial charge >= 0.3 is 0 Å². The third-order valence-corrected chi connectivity index (χ3v) is 4.18. The maximum Gasteiger partial charge on any atom is 0.232 e. The number of thioether (sulfide) groups is 1. The zero-order chi connectivity index (χ0) is 13.1. The van der Waals surface area contributed by atoms with Crippen LogP contribution < -0.4 is 16.2 Å². The van der Waals surface area contributed by atoms with E-state index in [-0.39, 0.29) is 17.9 Å². The Balaban J connectivity index is 1.70. The summed E-state index contributed by atoms with van der Waals surface area (Å²) in [5.74, 6) is 0.865. The molecule has 1 aromatic carbocycles. The topological polar surface area (TPSA) is 65.5 Å². The van der Waals surface area contributed by atoms with Gasteiger partial charge in [-0.05, 0) is 5.56 Å². The maximum atomic E-state index is 12.3. The van der Waals surface area contributed by atoms with Crippen LogP contribution in [0.3, 0.4) is 0 Å². The molecule has 6 heteroatoms. The Hall–Kier alpha value is -1.37. The van der Waals surface area contributed by atoms with E-state index in [1.807, 2.05) is 30.3 Å². The Morgan fingerprint density at radius 2 is 2.21 bits per heavy atom. The molecule has 0 bridgehead atoms. The lowest BCUT2D eigenvalue weighted by Gasteiger charge is -2.18. The Kier molecular flexibility index (Phi) is 3.82. The zero-order valence-corrected chi connectivity index (χ0v) is 11.2. The lowest BCUT2D eigenvalue weighted by molar-refractivity contribution is -0.123. The van der Waals surface area contributed by atoms with E-state index in [4.69, 9.17) is 0 Å². The molecule has 2 aliphatic heterocycles. The highest BCUT2D eigenvalue weighted by Crippen LogP contribution is 2.25. The van der Waals surface area contributed by atoms with Gasteiger partial charge in [0.25, 0.3) is 0 Å². The lowest BCUT2D eigenvalue weighted by Crippen LogP contribution is -2.37. The molecule has 0 radical (unpaired) electrons. The number of amidine groups is 1. The summed E-state index contributed by atoms with van der Waals surface area (Å²) in [4.78, 5) is 16.6. The standard InChI is InChI=1S/C13H16N4OS/c18-12(16-13-14-6-7-19-13)10-8-15-17-11(10)9-4-2-1-3-5-9/h1-5,10-11,15,17H,6-8H2,(H,14,16,18). The van der Waals surface area contributed by atoms with Gasteiger partial charge in [0.05, 0.1) is 18.5 Å². The van der Waals surface area contributed by atoms with Gasteiger partial charge in [-0.3, -0.25) is 15.2 Å². The van der Waals surface area contributed by atoms with Crippen molar-refractivity contribution in [2.75, 3.05) is 18.8 Å². The van der Waals surface area contributed by atoms with Crippen LogP contribution in [0.15, 0.2) is 35.3 Å². The summed E-state index contributed by atoms with van der Waals surface area (Å²) < 4.78 is 0. The minimum atomic E-state index is -0.119. The monoisotopic (exact) mass is 276 g/mol. The van der Waals surface area contributed by atoms with Crippen molar-refractivity contribution in [2.45, 2.75) is 6.04 Å². The SMILES string of the molecule is O=C(NC1=NCCS1)C1CNNC1c1ccccc1. The molecule has 1 amide bonds. The number of hydrogen-bond donors (Lipinski definition) is 3. The first-order valence-electron chi connectivity index (χ1n) is 6.36. The zero-order valence-electron chi connectivity index (χ0n) is 10.4. The summed E-state index contributed by atoms with van der Waals surface area (Å²) >= 11 is 1.60. The number of hydrazine groups is 1. The van der Waals surface area contributed by atoms with E-state index in [9.17, 15) is 4.79 Å². The van der Waals surface area contributed by atoms with E-state index >= 15 is 0 Å². The highest BCUT2D eigenvalue weighted by Gasteiger charge is 2.34. The van der Waals surface area contributed by atoms with Gasteiger partial charge in [0.1, 0.15) is 0 Å². The van der Waals surface area contributed by atoms with Crippen LogP contribution in [0.2, 0.25) is 0 Å². The molecule has 0 saturated carbocycles. The van der Waals surface area contributed by atoms with Crippen molar-refractivity contribution in [3.63, 3.8) is 0 Å². The van der Waals surface area contributed by atoms with E-state index in [0.717, 1.165) is 23.0 Å². The molecule has 3 rings (SSSR count). The molecular weight excluding hydrogens is 260 g/mol. The summed E-state index contributed by atoms with van der Waals surface area (Å²) in [5, 5.41) is 3.67. The Morgan fingerprint density at radius 1 is 1.37 bits per heavy atom. The molecule has 0 aliphatic carbocycles. The van der Waals surface area contributed by atoms with Gasteiger partial charge in [-0.1, -0.05) is 42.1 Å². The van der Waals surface area contributed by atoms with Crippen molar-refractivity contribution in [3.05, 3.63) is 35.9 Å². The Bertz CT molecular complexity index is 491. The summed E-state index contributed by atoms with van der Waals surface area (Å²) in [5.41, 5.74) is 7.36. The van der Waals surface area contributed by atoms with E-state index in [1.54, 1.807) is 11.8 Å². The summed E-state index contributed by atoms with van der Waals surface area (Å²) in [6.45, 7) is 1.42. The van der Waals surface area contributed by atoms with Crippen molar-refractivity contribution in [1.82, 2.24) is 16.2 Å². The first kappa shape index (κ1) is 12.7. The minimum Gasteiger partial charge on any atom is -0.305 e. The fourth-order valence-electron chi connectivity index (χ4n) is 2.33. The molecule has 19 heavy (non-hydrogen) atoms. The molecule has 0 spiro atoms. The van der Waals surface area contributed by atoms with E-state index < -0.39 is 0 Å². The predicted octanol–water partition coefficient (Wildman–Crippen LogP) is 0.671. The maximum absolute atomic E-state index is 12.3. The number of carbonyl (C=O) groups excluding carboxylic acids is 1. The first-order chi connectivity index (χ1) is 9.34. The van der Waals surface area contributed by atoms with Crippen molar-refractivity contribution < 1.29 is 4.79 Å². The van der Waals surface area contributed by atoms with Crippen LogP contribution in [0, 0.1) is 5.92 Å². The minimum absolute atomic E-state index is 0.00760. The van der Waals surface area contributed by atoms with E-state index in [1.165, 1.54) is 0 Å². The van der Waals surface area contributed by atoms with Gasteiger partial charge in [-0.2, -0.15) is 0 Å². The second kappa shape index (κ2) is 5.73. The van der Waals surface area contributed by atoms with E-state index in [2.05, 4.69) is 21.2 Å². The average Bonchev–Trinajstić information content (AvgIpc) is 3.10. The molecule has 0 aromatic heterocycles. The molecule has 2 heterocycles. The normalized spacial score (nSPS) is 26.2. The second-order valence-electron chi connectivity index (χ2n) is 4.54. The largest absolute Gasteiger partial charge is 0.305 e. The molecule has 2 unspecified atom stereocenters. The number of nitrogens with zero attached hydrogens (tertiary/aromatic N) is 1. The third kappa shape index (κ3) is 2.80. The van der Waals surface area contributed by atoms with Crippen LogP contribution in [0.5, 0.6) is 0 Å². The highest BCUT2D eigenvalue weighted by atomic mass is 32.2. The van der Waals surface area contributed by atoms with Crippen molar-refractivity contribution in [1.29, 1.82) is 0 Å². The molecule has 2 atom stereocenters. The quantitative estimate of drug-likeness (QED) is 0.743. The van der Waals surface area contributed by atoms with E-state index in [0.29, 0.717) is 6.54 Å². The molecule has 2 aliphatic rings. The smallest absolute Gasteiger partial charge is 0.232 e. The van der Waals surface area contributed by atoms with Crippen LogP contribution >= 0.6 is 11.8 Å². The fourth-order valence-corrected chi connectivity index (χ4v) is 3.06. The third-order valence-electron chi connectivity index (χ3n) is 3.29. The van der Waals surface area contributed by atoms with Gasteiger partial charge < -0.3 is 5.32 Å². The molecule has 5 nitrogen and oxygen atoms in total. The summed E-state index contributed by atoms with van der Waals surface area (Å²) in [6.07, 6.45) is 0. The molecular formula is C13H16N4OS. The summed E-state index contributed by atoms with van der Waals surface area (Å²) in [6, 6.07) is 10.0. The van der Waals surface area contributed by atoms with Crippen LogP contribution in [-0.4, -0.2) is 29.9 Å². The molecule has 1 saturated heterocycles. The molecule has 3 N–H and O–H groups in total. The van der Waals surface area contributed by atoms with Crippen LogP contribution in [-0.2, 0) is 4.79 Å². The second-order valence-corrected chi connectivity index (χ2v) is 5.63. The number of carbonyl (C=O) groups is 1. The van der Waals surface area contributed by atoms with Crippen LogP contribution in [0.1, 0.15) is 11.6 Å². The van der Waals surface area contributed by atoms with Crippen molar-refractivity contribution >= 4 is 22.8 Å². The molecule has 1 aromatic rings. The van der Waals surface area contributed by atoms with Crippen molar-refractivity contribution in [2.24, 2.45) is 10.9 Å². The number of aliphatic imine (C=N–C) groups is 1.